The van der Waals surface area contributed by atoms with E-state index in [0.29, 0.717) is 81.4 Å². The molecule has 0 bridgehead atoms. The van der Waals surface area contributed by atoms with Crippen LogP contribution in [0.4, 0.5) is 4.79 Å². The molecule has 0 spiro atoms. The van der Waals surface area contributed by atoms with Crippen LogP contribution in [0.5, 0.6) is 0 Å². The number of benzene rings is 1. The van der Waals surface area contributed by atoms with E-state index in [-0.39, 0.29) is 14.1 Å². The number of ether oxygens (including phenoxy) is 10. The van der Waals surface area contributed by atoms with Crippen molar-refractivity contribution in [2.75, 3.05) is 52.3 Å². The van der Waals surface area contributed by atoms with Crippen LogP contribution >= 0.6 is 11.6 Å². The Hall–Kier alpha value is -10.9. The summed E-state index contributed by atoms with van der Waals surface area (Å²) in [6.07, 6.45) is 23.7. The molecule has 752 valence electrons. The van der Waals surface area contributed by atoms with Crippen LogP contribution in [0.25, 0.3) is 77.2 Å². The van der Waals surface area contributed by atoms with Gasteiger partial charge in [0.05, 0.1) is 51.9 Å². The summed E-state index contributed by atoms with van der Waals surface area (Å²) in [4.78, 5) is 85.6. The number of rotatable bonds is 30. The van der Waals surface area contributed by atoms with Gasteiger partial charge in [0.1, 0.15) is 103 Å². The highest BCUT2D eigenvalue weighted by Gasteiger charge is 2.46. The van der Waals surface area contributed by atoms with Gasteiger partial charge in [0.25, 0.3) is 6.48 Å². The molecule has 1 N–H and O–H groups in total. The number of aromatic amines is 1. The molecule has 15 aromatic rings. The molecule has 0 saturated carbocycles. The number of alkyl halides is 1. The van der Waals surface area contributed by atoms with Crippen molar-refractivity contribution in [3.8, 4) is 0 Å². The lowest BCUT2D eigenvalue weighted by molar-refractivity contribution is -0.282. The first-order valence-corrected chi connectivity index (χ1v) is 57.3. The third kappa shape index (κ3) is 34.0. The second-order valence-electron chi connectivity index (χ2n) is 38.0. The number of esters is 1. The van der Waals surface area contributed by atoms with Gasteiger partial charge in [-0.15, -0.1) is 0 Å². The second-order valence-corrected chi connectivity index (χ2v) is 55.2. The van der Waals surface area contributed by atoms with Gasteiger partial charge in [0.2, 0.25) is 6.41 Å². The second kappa shape index (κ2) is 55.2. The van der Waals surface area contributed by atoms with Crippen molar-refractivity contribution in [2.24, 2.45) is 5.41 Å². The fraction of sp³-hybridized carbons (Fsp3) is 0.505. The zero-order chi connectivity index (χ0) is 102. The summed E-state index contributed by atoms with van der Waals surface area (Å²) in [6.45, 7) is 68.8. The van der Waals surface area contributed by atoms with Gasteiger partial charge in [-0.1, -0.05) is 123 Å². The zero-order valence-corrected chi connectivity index (χ0v) is 90.8. The molecule has 0 aliphatic carbocycles. The molecule has 0 aliphatic rings. The molecule has 0 saturated heterocycles. The van der Waals surface area contributed by atoms with Crippen molar-refractivity contribution < 1.29 is 58.4 Å². The zero-order valence-electron chi connectivity index (χ0n) is 88.0. The third-order valence-corrected chi connectivity index (χ3v) is 32.3. The Labute approximate surface area is 823 Å². The fourth-order valence-electron chi connectivity index (χ4n) is 14.9. The van der Waals surface area contributed by atoms with E-state index >= 15 is 0 Å². The number of H-pyrrole nitrogens is 1. The maximum absolute atomic E-state index is 11.9. The van der Waals surface area contributed by atoms with Crippen molar-refractivity contribution in [3.05, 3.63) is 206 Å². The lowest BCUT2D eigenvalue weighted by atomic mass is 9.98. The first-order chi connectivity index (χ1) is 65.5. The van der Waals surface area contributed by atoms with Gasteiger partial charge in [0, 0.05) is 137 Å². The molecule has 33 nitrogen and oxygen atoms in total. The quantitative estimate of drug-likeness (QED) is 0.0144. The number of fused-ring (bicyclic) bond motifs is 7. The summed E-state index contributed by atoms with van der Waals surface area (Å²) in [5.74, 6) is -0.227. The number of carbonyl (C=O) groups excluding carboxylic acids is 2. The number of aromatic nitrogens is 21. The lowest BCUT2D eigenvalue weighted by Gasteiger charge is -2.44. The highest BCUT2D eigenvalue weighted by atomic mass is 35.5. The van der Waals surface area contributed by atoms with Gasteiger partial charge in [-0.3, -0.25) is 13.9 Å². The Morgan fingerprint density at radius 3 is 1.20 bits per heavy atom. The molecule has 14 aromatic heterocycles. The molecule has 0 fully saturated rings. The number of nitrogens with zero attached hydrogens (tertiary/aromatic N) is 20. The fourth-order valence-corrected chi connectivity index (χ4v) is 23.1. The minimum absolute atomic E-state index is 0. The average Bonchev–Trinajstić information content (AvgIpc) is 1.62. The predicted octanol–water partition coefficient (Wildman–Crippen LogP) is 23.1. The average molecular weight is 1970 g/mol. The number of halogens is 1. The van der Waals surface area contributed by atoms with E-state index in [1.165, 1.54) is 40.3 Å². The molecular formula is C101H151ClN21O12Si3-. The van der Waals surface area contributed by atoms with Crippen LogP contribution in [0.2, 0.25) is 68.0 Å². The number of carbonyl (C=O) groups is 2. The molecular weight excluding hydrogens is 1820 g/mol. The predicted molar refractivity (Wildman–Crippen MR) is 558 cm³/mol. The molecule has 1 aromatic carbocycles. The van der Waals surface area contributed by atoms with E-state index in [0.717, 1.165) is 119 Å². The molecule has 0 amide bonds. The molecule has 37 heteroatoms. The lowest BCUT2D eigenvalue weighted by Crippen LogP contribution is -2.51. The van der Waals surface area contributed by atoms with Crippen molar-refractivity contribution in [2.45, 2.75) is 279 Å². The Kier molecular flexibility index (Phi) is 45.6. The van der Waals surface area contributed by atoms with Gasteiger partial charge in [-0.25, -0.2) is 79.1 Å². The van der Waals surface area contributed by atoms with Gasteiger partial charge < -0.3 is 67.1 Å². The highest BCUT2D eigenvalue weighted by Crippen LogP contribution is 2.44. The maximum atomic E-state index is 11.9. The Balaban J connectivity index is 0.000000242. The summed E-state index contributed by atoms with van der Waals surface area (Å²) < 4.78 is 65.0. The van der Waals surface area contributed by atoms with Crippen LogP contribution in [0, 0.1) is 53.9 Å². The highest BCUT2D eigenvalue weighted by molar-refractivity contribution is 6.82. The standard InChI is InChI=1S/C16H27N3Si.C15H15N3O.C13H17N3O2.C13H21N3OSi.C12H15N3O2.C12H17N3O2.C7H7N3.C7H16O3.C6H15ClOSi.H/c1-11(2)20(12(3)4,13(5)6)19-9-8-15-14(7)17-10-18-16(15)19;1-12-14-7-8-18(15(14)17-10-16-12)11-19-9-13-5-3-2-4-6-13;1-9-10-5-6-16(11(10)15-7-14-9)8-18-12(17)13(2,3)4;1-11-12-5-6-16(13(12)15-9-14-11)10-17-7-8-18(2,3)4;1-8-9-5-6-15(10(9)14-7-13-8)11(16)17-12(2,3)4;1-4-16-12(17-5-2)15-7-6-10-9(3)13-8-14-11(10)15;1-5-6-2-3-8-7(6)10-4-9-5;1-4-8-7(9-5-2)10-6-3;1-9(2,3)5-4-8-6-7;/h8-13H,1-7H3;2-8,10H,9,11H2,1H3;5-7H,8H2,1-4H3;5-6,9H,7-8,10H2,1-4H3;5-7H,1-4H3;6-8,12H,4-5H2,1-3H3;2-4H,1H3,(H,8,9,10);7H,4-6H2,1-3H3;4-6H2,1-3H3;/q;;;;;;;;;-1/i;;;;;;;;;1+1. The van der Waals surface area contributed by atoms with E-state index in [2.05, 4.69) is 191 Å². The molecule has 15 rings (SSSR count). The summed E-state index contributed by atoms with van der Waals surface area (Å²) in [5, 5.41) is 7.34. The van der Waals surface area contributed by atoms with E-state index in [4.69, 9.17) is 59.0 Å². The summed E-state index contributed by atoms with van der Waals surface area (Å²) in [7, 11) is -3.59. The minimum Gasteiger partial charge on any atom is -1.00 e. The Morgan fingerprint density at radius 1 is 0.413 bits per heavy atom. The maximum Gasteiger partial charge on any atom is 0.420 e. The van der Waals surface area contributed by atoms with Crippen molar-refractivity contribution >= 4 is 125 Å². The minimum atomic E-state index is -1.71. The largest absolute Gasteiger partial charge is 1.00 e. The molecule has 138 heavy (non-hydrogen) atoms. The van der Waals surface area contributed by atoms with Crippen LogP contribution in [-0.4, -0.2) is 203 Å². The molecule has 0 unspecified atom stereocenters. The van der Waals surface area contributed by atoms with E-state index in [9.17, 15) is 9.59 Å². The summed E-state index contributed by atoms with van der Waals surface area (Å²) in [5.41, 5.74) is 15.1. The first-order valence-electron chi connectivity index (χ1n) is 47.2. The van der Waals surface area contributed by atoms with Gasteiger partial charge in [-0.05, 0) is 208 Å². The van der Waals surface area contributed by atoms with Crippen molar-refractivity contribution in [3.63, 3.8) is 0 Å². The molecule has 0 atom stereocenters. The summed E-state index contributed by atoms with van der Waals surface area (Å²) in [6, 6.07) is 26.8. The Morgan fingerprint density at radius 2 is 0.783 bits per heavy atom. The number of hydrogen-bond donors (Lipinski definition) is 1. The number of nitrogens with one attached hydrogen (secondary N) is 1. The van der Waals surface area contributed by atoms with E-state index in [1.807, 2.05) is 217 Å². The first kappa shape index (κ1) is 114. The molecule has 0 radical (unpaired) electrons. The number of hydrogen-bond acceptors (Lipinski definition) is 26. The van der Waals surface area contributed by atoms with Crippen molar-refractivity contribution in [1.29, 1.82) is 0 Å². The number of aryl methyl sites for hydroxylation is 7. The van der Waals surface area contributed by atoms with Crippen LogP contribution in [0.15, 0.2) is 160 Å². The van der Waals surface area contributed by atoms with Gasteiger partial charge >= 0.3 is 12.1 Å². The van der Waals surface area contributed by atoms with Crippen LogP contribution < -0.4 is 0 Å². The van der Waals surface area contributed by atoms with Gasteiger partial charge in [0.15, 0.2) is 20.6 Å². The Bertz CT molecular complexity index is 6140. The van der Waals surface area contributed by atoms with Crippen LogP contribution in [0.1, 0.15) is 171 Å². The van der Waals surface area contributed by atoms with Crippen LogP contribution in [0.3, 0.4) is 0 Å². The monoisotopic (exact) mass is 1970 g/mol. The molecule has 0 aliphatic heterocycles. The van der Waals surface area contributed by atoms with Crippen molar-refractivity contribution in [1.82, 2.24) is 102 Å². The smallest absolute Gasteiger partial charge is 0.420 e. The van der Waals surface area contributed by atoms with Crippen LogP contribution in [-0.2, 0) is 79.0 Å². The topological polar surface area (TPSA) is 352 Å². The van der Waals surface area contributed by atoms with E-state index in [1.54, 1.807) is 42.4 Å². The normalized spacial score (nSPS) is 11.7. The SMILES string of the molecule is CCOC(OCC)OCC.CCOC(OCC)n1ccc2c(C)ncnc21.C[Si](C)(C)CCOCCl.Cc1ncnc2[nH]ccc12.Cc1ncnc2c1ccn2C(=O)OC(C)(C)C.Cc1ncnc2c1ccn2COC(=O)C(C)(C)C.Cc1ncnc2c1ccn2COCC[Si](C)(C)C.Cc1ncnc2c1ccn2COCc1ccccc1.Cc1ncnc2c1ccn2[Si](C(C)C)(C(C)C)C(C)C.[2H-]. The third-order valence-electron chi connectivity index (χ3n) is 22.0. The molecule has 14 heterocycles. The van der Waals surface area contributed by atoms with E-state index < -0.39 is 54.4 Å². The summed E-state index contributed by atoms with van der Waals surface area (Å²) >= 11 is 5.32. The van der Waals surface area contributed by atoms with Gasteiger partial charge in [-0.2, -0.15) is 0 Å².